The average Bonchev–Trinajstić information content (AvgIpc) is 3.36. The van der Waals surface area contributed by atoms with E-state index in [1.54, 1.807) is 12.1 Å². The molecule has 2 aromatic rings. The molecule has 1 saturated carbocycles. The van der Waals surface area contributed by atoms with Gasteiger partial charge in [0.2, 0.25) is 0 Å². The van der Waals surface area contributed by atoms with E-state index < -0.39 is 5.82 Å². The van der Waals surface area contributed by atoms with Crippen LogP contribution in [0.3, 0.4) is 0 Å². The average molecular weight is 376 g/mol. The summed E-state index contributed by atoms with van der Waals surface area (Å²) < 4.78 is 20.4. The molecular weight excluding hydrogens is 351 g/mol. The molecule has 0 radical (unpaired) electrons. The Hall–Kier alpha value is -2.38. The Labute approximate surface area is 165 Å². The largest absolute Gasteiger partial charge is 0.484 e. The van der Waals surface area contributed by atoms with Crippen molar-refractivity contribution in [1.29, 1.82) is 5.26 Å². The quantitative estimate of drug-likeness (QED) is 0.846. The molecule has 5 atom stereocenters. The topological polar surface area (TPSA) is 45.0 Å². The number of halogens is 1. The highest BCUT2D eigenvalue weighted by Crippen LogP contribution is 2.47. The summed E-state index contributed by atoms with van der Waals surface area (Å²) in [6.45, 7) is 2.33. The van der Waals surface area contributed by atoms with Crippen molar-refractivity contribution in [3.8, 4) is 11.8 Å². The number of benzene rings is 2. The van der Waals surface area contributed by atoms with Gasteiger partial charge >= 0.3 is 0 Å². The zero-order chi connectivity index (χ0) is 19.1. The van der Waals surface area contributed by atoms with Gasteiger partial charge in [-0.25, -0.2) is 4.39 Å². The van der Waals surface area contributed by atoms with Crippen LogP contribution in [0.25, 0.3) is 0 Å². The monoisotopic (exact) mass is 376 g/mol. The minimum absolute atomic E-state index is 0.00658. The zero-order valence-corrected chi connectivity index (χ0v) is 15.9. The molecule has 0 bridgehead atoms. The van der Waals surface area contributed by atoms with Crippen molar-refractivity contribution in [2.45, 2.75) is 31.8 Å². The Morgan fingerprint density at radius 2 is 1.86 bits per heavy atom. The van der Waals surface area contributed by atoms with E-state index in [0.717, 1.165) is 30.6 Å². The molecule has 2 aliphatic carbocycles. The van der Waals surface area contributed by atoms with E-state index in [9.17, 15) is 9.65 Å². The molecule has 1 N–H and O–H groups in total. The second kappa shape index (κ2) is 7.22. The highest BCUT2D eigenvalue weighted by molar-refractivity contribution is 5.45. The summed E-state index contributed by atoms with van der Waals surface area (Å²) in [7, 11) is 0. The van der Waals surface area contributed by atoms with Crippen molar-refractivity contribution in [3.63, 3.8) is 0 Å². The smallest absolute Gasteiger partial charge is 0.144 e. The molecule has 1 aliphatic heterocycles. The Bertz CT molecular complexity index is 909. The molecule has 2 aromatic carbocycles. The van der Waals surface area contributed by atoms with Crippen LogP contribution in [0.15, 0.2) is 42.5 Å². The number of fused-ring (bicyclic) bond motifs is 2. The maximum absolute atomic E-state index is 14.1. The van der Waals surface area contributed by atoms with Crippen LogP contribution in [0.2, 0.25) is 0 Å². The van der Waals surface area contributed by atoms with Crippen molar-refractivity contribution in [3.05, 3.63) is 65.0 Å². The third-order valence-corrected chi connectivity index (χ3v) is 7.00. The Morgan fingerprint density at radius 1 is 1.07 bits per heavy atom. The van der Waals surface area contributed by atoms with E-state index in [1.807, 2.05) is 12.1 Å². The van der Waals surface area contributed by atoms with Crippen LogP contribution in [0.1, 0.15) is 42.1 Å². The van der Waals surface area contributed by atoms with Gasteiger partial charge in [-0.2, -0.15) is 5.26 Å². The molecule has 2 fully saturated rings. The minimum atomic E-state index is -0.515. The molecule has 0 spiro atoms. The third-order valence-electron chi connectivity index (χ3n) is 7.00. The van der Waals surface area contributed by atoms with Crippen molar-refractivity contribution < 1.29 is 9.13 Å². The summed E-state index contributed by atoms with van der Waals surface area (Å²) >= 11 is 0. The lowest BCUT2D eigenvalue weighted by molar-refractivity contribution is 0.130. The van der Waals surface area contributed by atoms with Gasteiger partial charge in [-0.3, -0.25) is 0 Å². The zero-order valence-electron chi connectivity index (χ0n) is 15.9. The SMILES string of the molecule is N#Cc1c(F)cccc1O[C@@H]1c2ccccc2C[C@H]1CC1C[C@H]2CNC[C@H]2C1. The number of nitriles is 1. The summed E-state index contributed by atoms with van der Waals surface area (Å²) in [6, 6.07) is 15.0. The van der Waals surface area contributed by atoms with Crippen LogP contribution >= 0.6 is 0 Å². The Morgan fingerprint density at radius 3 is 2.64 bits per heavy atom. The molecule has 1 unspecified atom stereocenters. The Kier molecular flexibility index (Phi) is 4.56. The number of ether oxygens (including phenoxy) is 1. The fourth-order valence-electron chi connectivity index (χ4n) is 5.77. The van der Waals surface area contributed by atoms with Gasteiger partial charge in [0, 0.05) is 5.92 Å². The Balaban J connectivity index is 1.40. The molecule has 1 saturated heterocycles. The lowest BCUT2D eigenvalue weighted by Crippen LogP contribution is -2.19. The molecule has 0 amide bonds. The highest BCUT2D eigenvalue weighted by Gasteiger charge is 2.41. The number of hydrogen-bond donors (Lipinski definition) is 1. The van der Waals surface area contributed by atoms with E-state index >= 15 is 0 Å². The molecule has 4 heteroatoms. The predicted molar refractivity (Wildman–Crippen MR) is 105 cm³/mol. The van der Waals surface area contributed by atoms with E-state index in [0.29, 0.717) is 11.7 Å². The first-order valence-electron chi connectivity index (χ1n) is 10.4. The first-order valence-corrected chi connectivity index (χ1v) is 10.4. The lowest BCUT2D eigenvalue weighted by Gasteiger charge is -2.25. The van der Waals surface area contributed by atoms with Crippen molar-refractivity contribution in [1.82, 2.24) is 5.32 Å². The normalized spacial score (nSPS) is 30.6. The highest BCUT2D eigenvalue weighted by atomic mass is 19.1. The molecule has 3 aliphatic rings. The van der Waals surface area contributed by atoms with E-state index in [1.165, 1.54) is 43.1 Å². The second-order valence-electron chi connectivity index (χ2n) is 8.68. The first-order chi connectivity index (χ1) is 13.7. The second-order valence-corrected chi connectivity index (χ2v) is 8.68. The standard InChI is InChI=1S/C24H25FN2O/c25-22-6-3-7-23(21(22)12-26)28-24-17(11-16-4-1-2-5-20(16)24)8-15-9-18-13-27-14-19(18)10-15/h1-7,15,17-19,24,27H,8-11,13-14H2/t15?,17-,18-,19+,24+/m1/s1. The van der Waals surface area contributed by atoms with Crippen LogP contribution in [-0.4, -0.2) is 13.1 Å². The van der Waals surface area contributed by atoms with Crippen LogP contribution < -0.4 is 10.1 Å². The fraction of sp³-hybridized carbons (Fsp3) is 0.458. The molecule has 28 heavy (non-hydrogen) atoms. The van der Waals surface area contributed by atoms with Gasteiger partial charge < -0.3 is 10.1 Å². The number of rotatable bonds is 4. The van der Waals surface area contributed by atoms with E-state index in [-0.39, 0.29) is 11.7 Å². The molecule has 1 heterocycles. The van der Waals surface area contributed by atoms with Gasteiger partial charge in [0.25, 0.3) is 0 Å². The lowest BCUT2D eigenvalue weighted by atomic mass is 9.88. The van der Waals surface area contributed by atoms with Crippen molar-refractivity contribution >= 4 is 0 Å². The summed E-state index contributed by atoms with van der Waals surface area (Å²) in [5.74, 6) is 2.64. The molecule has 144 valence electrons. The van der Waals surface area contributed by atoms with Gasteiger partial charge in [0.15, 0.2) is 0 Å². The molecule has 5 rings (SSSR count). The van der Waals surface area contributed by atoms with Crippen LogP contribution in [-0.2, 0) is 6.42 Å². The van der Waals surface area contributed by atoms with Crippen molar-refractivity contribution in [2.24, 2.45) is 23.7 Å². The summed E-state index contributed by atoms with van der Waals surface area (Å²) in [6.07, 6.45) is 4.65. The molecular formula is C24H25FN2O. The fourth-order valence-corrected chi connectivity index (χ4v) is 5.77. The predicted octanol–water partition coefficient (Wildman–Crippen LogP) is 4.63. The van der Waals surface area contributed by atoms with Gasteiger partial charge in [-0.1, -0.05) is 30.3 Å². The van der Waals surface area contributed by atoms with Crippen molar-refractivity contribution in [2.75, 3.05) is 13.1 Å². The van der Waals surface area contributed by atoms with Gasteiger partial charge in [-0.05, 0) is 79.8 Å². The summed E-state index contributed by atoms with van der Waals surface area (Å²) in [5.41, 5.74) is 2.53. The maximum atomic E-state index is 14.1. The summed E-state index contributed by atoms with van der Waals surface area (Å²) in [4.78, 5) is 0. The van der Waals surface area contributed by atoms with Gasteiger partial charge in [0.05, 0.1) is 0 Å². The molecule has 3 nitrogen and oxygen atoms in total. The maximum Gasteiger partial charge on any atom is 0.144 e. The summed E-state index contributed by atoms with van der Waals surface area (Å²) in [5, 5.41) is 12.9. The van der Waals surface area contributed by atoms with E-state index in [2.05, 4.69) is 23.5 Å². The third kappa shape index (κ3) is 3.08. The number of hydrogen-bond acceptors (Lipinski definition) is 3. The van der Waals surface area contributed by atoms with Crippen LogP contribution in [0, 0.1) is 40.8 Å². The van der Waals surface area contributed by atoms with Gasteiger partial charge in [-0.15, -0.1) is 0 Å². The first kappa shape index (κ1) is 17.7. The van der Waals surface area contributed by atoms with Crippen LogP contribution in [0.4, 0.5) is 4.39 Å². The van der Waals surface area contributed by atoms with E-state index in [4.69, 9.17) is 4.74 Å². The van der Waals surface area contributed by atoms with Crippen LogP contribution in [0.5, 0.6) is 5.75 Å². The molecule has 0 aromatic heterocycles. The minimum Gasteiger partial charge on any atom is -0.484 e. The number of nitrogens with zero attached hydrogens (tertiary/aromatic N) is 1. The number of nitrogens with one attached hydrogen (secondary N) is 1. The van der Waals surface area contributed by atoms with Gasteiger partial charge in [0.1, 0.15) is 29.3 Å².